The normalized spacial score (nSPS) is 12.5. The van der Waals surface area contributed by atoms with Crippen LogP contribution in [-0.4, -0.2) is 17.7 Å². The second kappa shape index (κ2) is 6.88. The van der Waals surface area contributed by atoms with Gasteiger partial charge in [-0.2, -0.15) is 0 Å². The van der Waals surface area contributed by atoms with Crippen molar-refractivity contribution in [3.8, 4) is 5.75 Å². The number of nitrogens with zero attached hydrogens (tertiary/aromatic N) is 1. The number of nitrogens with one attached hydrogen (secondary N) is 1. The van der Waals surface area contributed by atoms with Crippen molar-refractivity contribution in [2.45, 2.75) is 26.0 Å². The summed E-state index contributed by atoms with van der Waals surface area (Å²) in [5, 5.41) is 4.53. The van der Waals surface area contributed by atoms with Crippen molar-refractivity contribution >= 4 is 10.9 Å². The molecule has 1 N–H and O–H groups in total. The molecule has 0 radical (unpaired) electrons. The molecule has 1 atom stereocenters. The smallest absolute Gasteiger partial charge is 0.120 e. The molecule has 1 heterocycles. The van der Waals surface area contributed by atoms with Crippen molar-refractivity contribution < 1.29 is 4.74 Å². The van der Waals surface area contributed by atoms with Crippen molar-refractivity contribution in [1.29, 1.82) is 0 Å². The topological polar surface area (TPSA) is 26.2 Å². The van der Waals surface area contributed by atoms with Gasteiger partial charge in [0.1, 0.15) is 12.4 Å². The van der Waals surface area contributed by atoms with Gasteiger partial charge in [-0.1, -0.05) is 30.3 Å². The van der Waals surface area contributed by atoms with E-state index in [-0.39, 0.29) is 0 Å². The van der Waals surface area contributed by atoms with E-state index in [4.69, 9.17) is 4.74 Å². The third-order valence-electron chi connectivity index (χ3n) is 4.37. The number of benzene rings is 2. The monoisotopic (exact) mass is 308 g/mol. The first kappa shape index (κ1) is 15.6. The molecule has 3 nitrogen and oxygen atoms in total. The van der Waals surface area contributed by atoms with Gasteiger partial charge in [-0.05, 0) is 43.8 Å². The van der Waals surface area contributed by atoms with Gasteiger partial charge < -0.3 is 14.6 Å². The fourth-order valence-corrected chi connectivity index (χ4v) is 2.83. The zero-order valence-electron chi connectivity index (χ0n) is 14.0. The summed E-state index contributed by atoms with van der Waals surface area (Å²) in [6, 6.07) is 19.3. The molecular formula is C20H24N2O. The fraction of sp³-hybridized carbons (Fsp3) is 0.300. The predicted octanol–water partition coefficient (Wildman–Crippen LogP) is 3.91. The van der Waals surface area contributed by atoms with Gasteiger partial charge in [0.25, 0.3) is 0 Å². The molecule has 0 aliphatic carbocycles. The summed E-state index contributed by atoms with van der Waals surface area (Å²) < 4.78 is 8.20. The summed E-state index contributed by atoms with van der Waals surface area (Å²) in [6.07, 6.45) is 1.02. The lowest BCUT2D eigenvalue weighted by molar-refractivity contribution is 0.306. The number of hydrogen-bond donors (Lipinski definition) is 1. The molecule has 0 fully saturated rings. The average molecular weight is 308 g/mol. The lowest BCUT2D eigenvalue weighted by Crippen LogP contribution is -2.24. The summed E-state index contributed by atoms with van der Waals surface area (Å²) >= 11 is 0. The number of aromatic nitrogens is 1. The molecule has 0 spiro atoms. The predicted molar refractivity (Wildman–Crippen MR) is 95.9 cm³/mol. The number of rotatable bonds is 6. The molecule has 0 amide bonds. The van der Waals surface area contributed by atoms with Crippen LogP contribution in [0.4, 0.5) is 0 Å². The molecule has 3 aromatic rings. The standard InChI is InChI=1S/C20H24N2O/c1-15(21-2)11-18-12-17-13-19(9-10-20(17)22(18)3)23-14-16-7-5-4-6-8-16/h4-10,12-13,15,21H,11,14H2,1-3H3. The van der Waals surface area contributed by atoms with E-state index < -0.39 is 0 Å². The molecule has 3 heteroatoms. The average Bonchev–Trinajstić information content (AvgIpc) is 2.89. The molecule has 3 rings (SSSR count). The third kappa shape index (κ3) is 3.57. The first-order chi connectivity index (χ1) is 11.2. The molecule has 0 aliphatic rings. The van der Waals surface area contributed by atoms with E-state index in [1.54, 1.807) is 0 Å². The molecule has 0 saturated carbocycles. The Labute approximate surface area is 137 Å². The van der Waals surface area contributed by atoms with Gasteiger partial charge in [0.2, 0.25) is 0 Å². The van der Waals surface area contributed by atoms with Gasteiger partial charge >= 0.3 is 0 Å². The second-order valence-electron chi connectivity index (χ2n) is 6.08. The SMILES string of the molecule is CNC(C)Cc1cc2cc(OCc3ccccc3)ccc2n1C. The molecule has 1 unspecified atom stereocenters. The van der Waals surface area contributed by atoms with Gasteiger partial charge in [0.15, 0.2) is 0 Å². The molecule has 0 saturated heterocycles. The summed E-state index contributed by atoms with van der Waals surface area (Å²) in [5.41, 5.74) is 3.77. The van der Waals surface area contributed by atoms with Crippen LogP contribution in [0.1, 0.15) is 18.2 Å². The van der Waals surface area contributed by atoms with E-state index in [2.05, 4.69) is 60.3 Å². The van der Waals surface area contributed by atoms with Gasteiger partial charge in [-0.25, -0.2) is 0 Å². The maximum atomic E-state index is 5.93. The van der Waals surface area contributed by atoms with E-state index in [9.17, 15) is 0 Å². The van der Waals surface area contributed by atoms with Gasteiger partial charge in [0.05, 0.1) is 0 Å². The highest BCUT2D eigenvalue weighted by atomic mass is 16.5. The molecule has 23 heavy (non-hydrogen) atoms. The van der Waals surface area contributed by atoms with Crippen LogP contribution in [-0.2, 0) is 20.1 Å². The number of hydrogen-bond acceptors (Lipinski definition) is 2. The molecular weight excluding hydrogens is 284 g/mol. The van der Waals surface area contributed by atoms with Crippen LogP contribution in [0.3, 0.4) is 0 Å². The van der Waals surface area contributed by atoms with Crippen molar-refractivity contribution in [1.82, 2.24) is 9.88 Å². The summed E-state index contributed by atoms with van der Waals surface area (Å²) in [4.78, 5) is 0. The van der Waals surface area contributed by atoms with Crippen LogP contribution >= 0.6 is 0 Å². The Morgan fingerprint density at radius 3 is 2.61 bits per heavy atom. The molecule has 2 aromatic carbocycles. The van der Waals surface area contributed by atoms with Gasteiger partial charge in [-0.15, -0.1) is 0 Å². The van der Waals surface area contributed by atoms with Crippen LogP contribution < -0.4 is 10.1 Å². The largest absolute Gasteiger partial charge is 0.489 e. The van der Waals surface area contributed by atoms with Crippen LogP contribution in [0, 0.1) is 0 Å². The zero-order chi connectivity index (χ0) is 16.2. The Morgan fingerprint density at radius 1 is 1.09 bits per heavy atom. The minimum atomic E-state index is 0.465. The Morgan fingerprint density at radius 2 is 1.87 bits per heavy atom. The van der Waals surface area contributed by atoms with E-state index >= 15 is 0 Å². The van der Waals surface area contributed by atoms with Crippen molar-refractivity contribution in [3.05, 3.63) is 65.9 Å². The highest BCUT2D eigenvalue weighted by Gasteiger charge is 2.09. The highest BCUT2D eigenvalue weighted by Crippen LogP contribution is 2.25. The number of likely N-dealkylation sites (N-methyl/N-ethyl adjacent to an activating group) is 1. The number of aryl methyl sites for hydroxylation is 1. The van der Waals surface area contributed by atoms with Crippen LogP contribution in [0.25, 0.3) is 10.9 Å². The quantitative estimate of drug-likeness (QED) is 0.747. The first-order valence-electron chi connectivity index (χ1n) is 8.09. The molecule has 0 aliphatic heterocycles. The number of fused-ring (bicyclic) bond motifs is 1. The minimum Gasteiger partial charge on any atom is -0.489 e. The zero-order valence-corrected chi connectivity index (χ0v) is 14.0. The maximum Gasteiger partial charge on any atom is 0.120 e. The van der Waals surface area contributed by atoms with Gasteiger partial charge in [-0.3, -0.25) is 0 Å². The Kier molecular flexibility index (Phi) is 4.68. The summed E-state index contributed by atoms with van der Waals surface area (Å²) in [7, 11) is 4.13. The highest BCUT2D eigenvalue weighted by molar-refractivity contribution is 5.82. The second-order valence-corrected chi connectivity index (χ2v) is 6.08. The lowest BCUT2D eigenvalue weighted by atomic mass is 10.2. The Bertz CT molecular complexity index is 777. The van der Waals surface area contributed by atoms with Crippen molar-refractivity contribution in [2.75, 3.05) is 7.05 Å². The number of ether oxygens (including phenoxy) is 1. The lowest BCUT2D eigenvalue weighted by Gasteiger charge is -2.10. The molecule has 120 valence electrons. The van der Waals surface area contributed by atoms with E-state index in [0.717, 1.165) is 12.2 Å². The van der Waals surface area contributed by atoms with Crippen molar-refractivity contribution in [2.24, 2.45) is 7.05 Å². The minimum absolute atomic E-state index is 0.465. The maximum absolute atomic E-state index is 5.93. The van der Waals surface area contributed by atoms with Crippen LogP contribution in [0.2, 0.25) is 0 Å². The first-order valence-corrected chi connectivity index (χ1v) is 8.09. The fourth-order valence-electron chi connectivity index (χ4n) is 2.83. The Hall–Kier alpha value is -2.26. The van der Waals surface area contributed by atoms with E-state index in [1.165, 1.54) is 22.2 Å². The van der Waals surface area contributed by atoms with E-state index in [1.807, 2.05) is 25.2 Å². The van der Waals surface area contributed by atoms with Gasteiger partial charge in [0, 0.05) is 36.1 Å². The summed E-state index contributed by atoms with van der Waals surface area (Å²) in [6.45, 7) is 2.80. The summed E-state index contributed by atoms with van der Waals surface area (Å²) in [5.74, 6) is 0.917. The van der Waals surface area contributed by atoms with Crippen LogP contribution in [0.15, 0.2) is 54.6 Å². The molecule has 0 bridgehead atoms. The van der Waals surface area contributed by atoms with E-state index in [0.29, 0.717) is 12.6 Å². The Balaban J connectivity index is 1.78. The third-order valence-corrected chi connectivity index (χ3v) is 4.37. The molecule has 1 aromatic heterocycles. The van der Waals surface area contributed by atoms with Crippen molar-refractivity contribution in [3.63, 3.8) is 0 Å². The van der Waals surface area contributed by atoms with Crippen LogP contribution in [0.5, 0.6) is 5.75 Å².